The molecule has 64 valence electrons. The number of rotatable bonds is 0. The number of hydrogen-bond donors (Lipinski definition) is 2. The van der Waals surface area contributed by atoms with Crippen molar-refractivity contribution in [3.8, 4) is 0 Å². The van der Waals surface area contributed by atoms with Gasteiger partial charge in [0.15, 0.2) is 0 Å². The standard InChI is InChI=1S/C10H13NO/c1-7-6-10(12)11-9-5-3-2-4-8(7)9/h2-5,7,10-12H,6H2,1H3. The molecule has 0 fully saturated rings. The van der Waals surface area contributed by atoms with Crippen LogP contribution in [0.2, 0.25) is 0 Å². The summed E-state index contributed by atoms with van der Waals surface area (Å²) in [5, 5.41) is 12.5. The lowest BCUT2D eigenvalue weighted by atomic mass is 9.92. The Hall–Kier alpha value is -1.02. The van der Waals surface area contributed by atoms with Gasteiger partial charge in [-0.1, -0.05) is 25.1 Å². The van der Waals surface area contributed by atoms with E-state index in [9.17, 15) is 5.11 Å². The third-order valence-electron chi connectivity index (χ3n) is 2.39. The number of benzene rings is 1. The molecule has 0 bridgehead atoms. The summed E-state index contributed by atoms with van der Waals surface area (Å²) in [7, 11) is 0. The maximum Gasteiger partial charge on any atom is 0.125 e. The molecule has 1 aromatic rings. The van der Waals surface area contributed by atoms with E-state index in [0.29, 0.717) is 5.92 Å². The fourth-order valence-corrected chi connectivity index (χ4v) is 1.76. The van der Waals surface area contributed by atoms with Gasteiger partial charge in [0.2, 0.25) is 0 Å². The van der Waals surface area contributed by atoms with Crippen LogP contribution in [0.3, 0.4) is 0 Å². The van der Waals surface area contributed by atoms with E-state index >= 15 is 0 Å². The molecular formula is C10H13NO. The lowest BCUT2D eigenvalue weighted by Crippen LogP contribution is -2.26. The minimum Gasteiger partial charge on any atom is -0.374 e. The Balaban J connectivity index is 2.40. The number of hydrogen-bond acceptors (Lipinski definition) is 2. The first-order valence-corrected chi connectivity index (χ1v) is 4.31. The molecule has 2 atom stereocenters. The molecule has 1 aromatic carbocycles. The highest BCUT2D eigenvalue weighted by atomic mass is 16.3. The van der Waals surface area contributed by atoms with Crippen molar-refractivity contribution in [3.05, 3.63) is 29.8 Å². The SMILES string of the molecule is CC1CC(O)Nc2ccccc21. The van der Waals surface area contributed by atoms with E-state index in [1.807, 2.05) is 18.2 Å². The van der Waals surface area contributed by atoms with Crippen molar-refractivity contribution in [1.29, 1.82) is 0 Å². The molecule has 2 nitrogen and oxygen atoms in total. The quantitative estimate of drug-likeness (QED) is 0.612. The van der Waals surface area contributed by atoms with E-state index in [2.05, 4.69) is 18.3 Å². The van der Waals surface area contributed by atoms with Crippen molar-refractivity contribution < 1.29 is 5.11 Å². The minimum absolute atomic E-state index is 0.380. The van der Waals surface area contributed by atoms with Crippen molar-refractivity contribution in [1.82, 2.24) is 0 Å². The molecule has 2 N–H and O–H groups in total. The molecule has 0 spiro atoms. The summed E-state index contributed by atoms with van der Waals surface area (Å²) >= 11 is 0. The van der Waals surface area contributed by atoms with Gasteiger partial charge in [-0.15, -0.1) is 0 Å². The Kier molecular flexibility index (Phi) is 1.77. The van der Waals surface area contributed by atoms with Crippen LogP contribution in [0.1, 0.15) is 24.8 Å². The summed E-state index contributed by atoms with van der Waals surface area (Å²) in [6.45, 7) is 2.14. The van der Waals surface area contributed by atoms with Gasteiger partial charge in [-0.2, -0.15) is 0 Å². The Bertz CT molecular complexity index is 285. The molecule has 2 unspecified atom stereocenters. The first-order chi connectivity index (χ1) is 5.77. The van der Waals surface area contributed by atoms with E-state index < -0.39 is 0 Å². The summed E-state index contributed by atoms with van der Waals surface area (Å²) in [6.07, 6.45) is 0.423. The van der Waals surface area contributed by atoms with Crippen LogP contribution < -0.4 is 5.32 Å². The second-order valence-corrected chi connectivity index (χ2v) is 3.38. The first-order valence-electron chi connectivity index (χ1n) is 4.31. The van der Waals surface area contributed by atoms with Crippen molar-refractivity contribution in [2.24, 2.45) is 0 Å². The Morgan fingerprint density at radius 3 is 3.00 bits per heavy atom. The molecule has 0 saturated heterocycles. The molecule has 0 aliphatic carbocycles. The summed E-state index contributed by atoms with van der Waals surface area (Å²) in [4.78, 5) is 0. The molecule has 0 radical (unpaired) electrons. The second kappa shape index (κ2) is 2.79. The molecular weight excluding hydrogens is 150 g/mol. The summed E-state index contributed by atoms with van der Waals surface area (Å²) in [6, 6.07) is 8.14. The molecule has 12 heavy (non-hydrogen) atoms. The first kappa shape index (κ1) is 7.62. The predicted molar refractivity (Wildman–Crippen MR) is 49.1 cm³/mol. The highest BCUT2D eigenvalue weighted by molar-refractivity contribution is 5.54. The Morgan fingerprint density at radius 2 is 2.17 bits per heavy atom. The Morgan fingerprint density at radius 1 is 1.42 bits per heavy atom. The zero-order valence-electron chi connectivity index (χ0n) is 7.12. The third kappa shape index (κ3) is 1.18. The van der Waals surface area contributed by atoms with Gasteiger partial charge in [-0.25, -0.2) is 0 Å². The number of aliphatic hydroxyl groups is 1. The van der Waals surface area contributed by atoms with Gasteiger partial charge in [-0.3, -0.25) is 0 Å². The third-order valence-corrected chi connectivity index (χ3v) is 2.39. The van der Waals surface area contributed by atoms with Crippen LogP contribution in [-0.4, -0.2) is 11.3 Å². The van der Waals surface area contributed by atoms with Gasteiger partial charge in [0.25, 0.3) is 0 Å². The van der Waals surface area contributed by atoms with Crippen molar-refractivity contribution in [2.45, 2.75) is 25.5 Å². The molecule has 0 aromatic heterocycles. The number of aliphatic hydroxyl groups excluding tert-OH is 1. The normalized spacial score (nSPS) is 27.5. The van der Waals surface area contributed by atoms with Crippen molar-refractivity contribution in [2.75, 3.05) is 5.32 Å². The van der Waals surface area contributed by atoms with Gasteiger partial charge in [0.1, 0.15) is 6.23 Å². The minimum atomic E-state index is -0.380. The molecule has 1 aliphatic rings. The number of anilines is 1. The van der Waals surface area contributed by atoms with Crippen LogP contribution in [-0.2, 0) is 0 Å². The maximum atomic E-state index is 9.42. The average Bonchev–Trinajstić information content (AvgIpc) is 2.04. The highest BCUT2D eigenvalue weighted by Crippen LogP contribution is 2.32. The Labute approximate surface area is 72.2 Å². The average molecular weight is 163 g/mol. The zero-order valence-corrected chi connectivity index (χ0v) is 7.12. The van der Waals surface area contributed by atoms with E-state index in [4.69, 9.17) is 0 Å². The van der Waals surface area contributed by atoms with Gasteiger partial charge >= 0.3 is 0 Å². The fourth-order valence-electron chi connectivity index (χ4n) is 1.76. The van der Waals surface area contributed by atoms with Gasteiger partial charge in [0.05, 0.1) is 0 Å². The van der Waals surface area contributed by atoms with E-state index in [1.165, 1.54) is 5.56 Å². The highest BCUT2D eigenvalue weighted by Gasteiger charge is 2.20. The fraction of sp³-hybridized carbons (Fsp3) is 0.400. The summed E-state index contributed by atoms with van der Waals surface area (Å²) in [5.41, 5.74) is 2.38. The lowest BCUT2D eigenvalue weighted by Gasteiger charge is -2.27. The molecule has 0 amide bonds. The number of para-hydroxylation sites is 1. The monoisotopic (exact) mass is 163 g/mol. The smallest absolute Gasteiger partial charge is 0.125 e. The summed E-state index contributed by atoms with van der Waals surface area (Å²) in [5.74, 6) is 0.456. The van der Waals surface area contributed by atoms with E-state index in [1.54, 1.807) is 0 Å². The second-order valence-electron chi connectivity index (χ2n) is 3.38. The zero-order chi connectivity index (χ0) is 8.55. The van der Waals surface area contributed by atoms with Gasteiger partial charge < -0.3 is 10.4 Å². The van der Waals surface area contributed by atoms with Crippen LogP contribution in [0.4, 0.5) is 5.69 Å². The molecule has 0 saturated carbocycles. The van der Waals surface area contributed by atoms with Crippen LogP contribution in [0.15, 0.2) is 24.3 Å². The van der Waals surface area contributed by atoms with Crippen LogP contribution in [0, 0.1) is 0 Å². The van der Waals surface area contributed by atoms with Crippen LogP contribution in [0.25, 0.3) is 0 Å². The van der Waals surface area contributed by atoms with E-state index in [-0.39, 0.29) is 6.23 Å². The summed E-state index contributed by atoms with van der Waals surface area (Å²) < 4.78 is 0. The molecule has 1 aliphatic heterocycles. The van der Waals surface area contributed by atoms with Crippen LogP contribution in [0.5, 0.6) is 0 Å². The van der Waals surface area contributed by atoms with Gasteiger partial charge in [0, 0.05) is 5.69 Å². The number of fused-ring (bicyclic) bond motifs is 1. The van der Waals surface area contributed by atoms with Crippen LogP contribution >= 0.6 is 0 Å². The van der Waals surface area contributed by atoms with Crippen molar-refractivity contribution in [3.63, 3.8) is 0 Å². The number of nitrogens with one attached hydrogen (secondary N) is 1. The topological polar surface area (TPSA) is 32.3 Å². The lowest BCUT2D eigenvalue weighted by molar-refractivity contribution is 0.180. The van der Waals surface area contributed by atoms with E-state index in [0.717, 1.165) is 12.1 Å². The molecule has 2 heteroatoms. The van der Waals surface area contributed by atoms with Gasteiger partial charge in [-0.05, 0) is 24.0 Å². The van der Waals surface area contributed by atoms with Crippen molar-refractivity contribution >= 4 is 5.69 Å². The predicted octanol–water partition coefficient (Wildman–Crippen LogP) is 1.92. The molecule has 2 rings (SSSR count). The molecule has 1 heterocycles. The largest absolute Gasteiger partial charge is 0.374 e. The maximum absolute atomic E-state index is 9.42.